The van der Waals surface area contributed by atoms with Crippen molar-refractivity contribution in [3.63, 3.8) is 0 Å². The smallest absolute Gasteiger partial charge is 0.391 e. The summed E-state index contributed by atoms with van der Waals surface area (Å²) < 4.78 is 40.2. The molecule has 4 fully saturated rings. The quantitative estimate of drug-likeness (QED) is 0.181. The summed E-state index contributed by atoms with van der Waals surface area (Å²) in [5.74, 6) is -0.420. The molecule has 0 saturated heterocycles. The number of carboxylic acids is 2. The second kappa shape index (κ2) is 13.8. The summed E-state index contributed by atoms with van der Waals surface area (Å²) in [4.78, 5) is 19.8. The molecule has 0 aromatic carbocycles. The van der Waals surface area contributed by atoms with Crippen LogP contribution in [0.5, 0.6) is 0 Å². The van der Waals surface area contributed by atoms with Crippen molar-refractivity contribution in [3.05, 3.63) is 0 Å². The Morgan fingerprint density at radius 3 is 1.95 bits per heavy atom. The topological polar surface area (TPSA) is 94.8 Å². The molecule has 3 N–H and O–H groups in total. The minimum Gasteiger partial charge on any atom is -0.481 e. The Kier molecular flexibility index (Phi) is 12.1. The van der Waals surface area contributed by atoms with Crippen LogP contribution in [0, 0.1) is 40.4 Å². The maximum Gasteiger partial charge on any atom is 0.391 e. The molecule has 0 spiro atoms. The molecule has 8 atom stereocenters. The summed E-state index contributed by atoms with van der Waals surface area (Å²) in [6, 6.07) is 0. The van der Waals surface area contributed by atoms with Gasteiger partial charge in [-0.05, 0) is 112 Å². The fourth-order valence-corrected chi connectivity index (χ4v) is 9.67. The highest BCUT2D eigenvalue weighted by Crippen LogP contribution is 2.70. The predicted molar refractivity (Wildman–Crippen MR) is 150 cm³/mol. The fraction of sp³-hybridized carbons (Fsp3) is 0.933. The lowest BCUT2D eigenvalue weighted by atomic mass is 9.44. The number of thiol groups is 1. The van der Waals surface area contributed by atoms with Gasteiger partial charge < -0.3 is 15.3 Å². The van der Waals surface area contributed by atoms with Crippen LogP contribution in [0.3, 0.4) is 0 Å². The molecule has 4 rings (SSSR count). The molecule has 0 radical (unpaired) electrons. The molecule has 9 heteroatoms. The summed E-state index contributed by atoms with van der Waals surface area (Å²) in [6.45, 7) is 7.13. The molecule has 39 heavy (non-hydrogen) atoms. The van der Waals surface area contributed by atoms with Gasteiger partial charge >= 0.3 is 18.1 Å². The molecule has 4 aliphatic carbocycles. The van der Waals surface area contributed by atoms with Crippen LogP contribution in [-0.2, 0) is 9.59 Å². The van der Waals surface area contributed by atoms with E-state index in [-0.39, 0.29) is 28.9 Å². The maximum absolute atomic E-state index is 13.3. The molecular formula is C30H51F3O5S. The number of halogens is 3. The van der Waals surface area contributed by atoms with E-state index in [0.717, 1.165) is 38.2 Å². The van der Waals surface area contributed by atoms with Gasteiger partial charge in [-0.1, -0.05) is 27.2 Å². The zero-order valence-corrected chi connectivity index (χ0v) is 25.1. The number of carboxylic acid groups (broad SMARTS) is 2. The largest absolute Gasteiger partial charge is 0.481 e. The number of carbonyl (C=O) groups is 2. The standard InChI is InChI=1S/C23H37F3S.C6H10O4.CH4O/c1-4-10-22(27)13-9-19-17-6-5-15-14-16(23(24,25)26)7-11-20(15,2)18(17)8-12-21(19,22)3;7-5(8)3-1-2-4-6(9)10;1-2/h15-19,27H,4-14H2,1-3H3;1-4H2,(H,7,8)(H,9,10);2H,1H3. The molecule has 4 saturated carbocycles. The number of aliphatic hydroxyl groups is 1. The van der Waals surface area contributed by atoms with Gasteiger partial charge in [0.2, 0.25) is 0 Å². The number of alkyl halides is 3. The van der Waals surface area contributed by atoms with Gasteiger partial charge in [0.1, 0.15) is 0 Å². The van der Waals surface area contributed by atoms with Crippen molar-refractivity contribution < 1.29 is 38.1 Å². The van der Waals surface area contributed by atoms with Gasteiger partial charge in [0, 0.05) is 24.7 Å². The van der Waals surface area contributed by atoms with Crippen molar-refractivity contribution in [1.82, 2.24) is 0 Å². The third-order valence-corrected chi connectivity index (χ3v) is 12.1. The Labute approximate surface area is 238 Å². The van der Waals surface area contributed by atoms with Gasteiger partial charge in [0.25, 0.3) is 0 Å². The second-order valence-corrected chi connectivity index (χ2v) is 13.8. The average molecular weight is 581 g/mol. The number of hydrogen-bond donors (Lipinski definition) is 4. The Bertz CT molecular complexity index is 807. The van der Waals surface area contributed by atoms with Gasteiger partial charge in [-0.2, -0.15) is 25.8 Å². The van der Waals surface area contributed by atoms with E-state index in [0.29, 0.717) is 37.0 Å². The highest BCUT2D eigenvalue weighted by atomic mass is 32.1. The van der Waals surface area contributed by atoms with Crippen LogP contribution in [0.4, 0.5) is 13.2 Å². The van der Waals surface area contributed by atoms with Crippen molar-refractivity contribution in [1.29, 1.82) is 0 Å². The summed E-state index contributed by atoms with van der Waals surface area (Å²) in [7, 11) is 1.00. The first-order valence-corrected chi connectivity index (χ1v) is 15.3. The molecule has 0 heterocycles. The van der Waals surface area contributed by atoms with Crippen molar-refractivity contribution in [2.75, 3.05) is 7.11 Å². The van der Waals surface area contributed by atoms with Crippen LogP contribution >= 0.6 is 12.6 Å². The first-order chi connectivity index (χ1) is 18.2. The van der Waals surface area contributed by atoms with Crippen LogP contribution in [0.2, 0.25) is 0 Å². The summed E-state index contributed by atoms with van der Waals surface area (Å²) in [5, 5.41) is 23.3. The van der Waals surface area contributed by atoms with E-state index in [1.165, 1.54) is 38.5 Å². The maximum atomic E-state index is 13.3. The van der Waals surface area contributed by atoms with Crippen LogP contribution in [-0.4, -0.2) is 45.3 Å². The van der Waals surface area contributed by atoms with Crippen molar-refractivity contribution in [3.8, 4) is 0 Å². The Hall–Kier alpha value is -0.960. The second-order valence-electron chi connectivity index (χ2n) is 12.9. The van der Waals surface area contributed by atoms with E-state index in [9.17, 15) is 22.8 Å². The number of hydrogen-bond acceptors (Lipinski definition) is 4. The zero-order chi connectivity index (χ0) is 29.6. The van der Waals surface area contributed by atoms with Gasteiger partial charge in [-0.15, -0.1) is 0 Å². The molecule has 0 amide bonds. The predicted octanol–water partition coefficient (Wildman–Crippen LogP) is 8.00. The first kappa shape index (κ1) is 34.2. The highest BCUT2D eigenvalue weighted by molar-refractivity contribution is 7.81. The van der Waals surface area contributed by atoms with Crippen molar-refractivity contribution in [2.24, 2.45) is 40.4 Å². The normalized spacial score (nSPS) is 39.1. The van der Waals surface area contributed by atoms with Crippen LogP contribution in [0.15, 0.2) is 0 Å². The minimum atomic E-state index is -4.00. The van der Waals surface area contributed by atoms with E-state index in [1.54, 1.807) is 0 Å². The molecule has 0 aromatic heterocycles. The molecular weight excluding hydrogens is 529 g/mol. The number of unbranched alkanes of at least 4 members (excludes halogenated alkanes) is 1. The van der Waals surface area contributed by atoms with Gasteiger partial charge in [-0.25, -0.2) is 0 Å². The lowest BCUT2D eigenvalue weighted by Crippen LogP contribution is -2.56. The van der Waals surface area contributed by atoms with Crippen molar-refractivity contribution in [2.45, 2.75) is 128 Å². The minimum absolute atomic E-state index is 0.0628. The van der Waals surface area contributed by atoms with E-state index < -0.39 is 24.0 Å². The molecule has 8 unspecified atom stereocenters. The van der Waals surface area contributed by atoms with E-state index in [2.05, 4.69) is 20.8 Å². The molecule has 0 aromatic rings. The average Bonchev–Trinajstić information content (AvgIpc) is 3.12. The van der Waals surface area contributed by atoms with Gasteiger partial charge in [-0.3, -0.25) is 9.59 Å². The van der Waals surface area contributed by atoms with E-state index in [4.69, 9.17) is 27.9 Å². The van der Waals surface area contributed by atoms with Crippen molar-refractivity contribution >= 4 is 24.6 Å². The Balaban J connectivity index is 0.000000378. The molecule has 4 aliphatic rings. The molecule has 0 aliphatic heterocycles. The molecule has 0 bridgehead atoms. The monoisotopic (exact) mass is 580 g/mol. The summed E-state index contributed by atoms with van der Waals surface area (Å²) in [6.07, 6.45) is 8.07. The number of aliphatic hydroxyl groups excluding tert-OH is 1. The Morgan fingerprint density at radius 2 is 1.44 bits per heavy atom. The molecule has 5 nitrogen and oxygen atoms in total. The third-order valence-electron chi connectivity index (χ3n) is 11.1. The van der Waals surface area contributed by atoms with Crippen LogP contribution < -0.4 is 0 Å². The molecule has 228 valence electrons. The zero-order valence-electron chi connectivity index (χ0n) is 24.2. The summed E-state index contributed by atoms with van der Waals surface area (Å²) >= 11 is 5.26. The third kappa shape index (κ3) is 7.47. The van der Waals surface area contributed by atoms with E-state index in [1.807, 2.05) is 0 Å². The highest BCUT2D eigenvalue weighted by Gasteiger charge is 2.64. The number of rotatable bonds is 7. The van der Waals surface area contributed by atoms with Crippen LogP contribution in [0.1, 0.15) is 117 Å². The Morgan fingerprint density at radius 1 is 0.872 bits per heavy atom. The first-order valence-electron chi connectivity index (χ1n) is 14.9. The number of fused-ring (bicyclic) bond motifs is 5. The SMILES string of the molecule is CCCC1(S)CCC2C3CCC4CC(C(F)(F)F)CCC4(C)C3CCC21C.CO.O=C(O)CCCCC(=O)O. The van der Waals surface area contributed by atoms with Crippen LogP contribution in [0.25, 0.3) is 0 Å². The summed E-state index contributed by atoms with van der Waals surface area (Å²) in [5.41, 5.74) is 0.457. The van der Waals surface area contributed by atoms with Gasteiger partial charge in [0.15, 0.2) is 0 Å². The van der Waals surface area contributed by atoms with E-state index >= 15 is 0 Å². The lowest BCUT2D eigenvalue weighted by Gasteiger charge is -2.62. The lowest BCUT2D eigenvalue weighted by molar-refractivity contribution is -0.207. The number of aliphatic carboxylic acids is 2. The fourth-order valence-electron chi connectivity index (χ4n) is 9.04. The van der Waals surface area contributed by atoms with Gasteiger partial charge in [0.05, 0.1) is 5.92 Å².